The minimum Gasteiger partial charge on any atom is -0.486 e. The summed E-state index contributed by atoms with van der Waals surface area (Å²) in [6.45, 7) is 2.42. The lowest BCUT2D eigenvalue weighted by atomic mass is 9.91. The van der Waals surface area contributed by atoms with E-state index in [1.807, 2.05) is 0 Å². The predicted octanol–water partition coefficient (Wildman–Crippen LogP) is 3.73. The molecule has 1 saturated carbocycles. The molecule has 0 aromatic heterocycles. The van der Waals surface area contributed by atoms with Crippen LogP contribution in [0.2, 0.25) is 0 Å². The average molecular weight is 496 g/mol. The van der Waals surface area contributed by atoms with Gasteiger partial charge in [0, 0.05) is 12.6 Å². The van der Waals surface area contributed by atoms with Gasteiger partial charge >= 0.3 is 6.03 Å². The number of fused-ring (bicyclic) bond motifs is 1. The molecule has 0 unspecified atom stereocenters. The van der Waals surface area contributed by atoms with Gasteiger partial charge in [0.15, 0.2) is 11.5 Å². The lowest BCUT2D eigenvalue weighted by Crippen LogP contribution is -2.48. The van der Waals surface area contributed by atoms with Gasteiger partial charge in [-0.2, -0.15) is 0 Å². The molecular weight excluding hydrogens is 465 g/mol. The second-order valence-corrected chi connectivity index (χ2v) is 9.74. The van der Waals surface area contributed by atoms with Crippen molar-refractivity contribution in [2.45, 2.75) is 57.2 Å². The monoisotopic (exact) mass is 495 g/mol. The Balaban J connectivity index is 1.35. The molecule has 1 saturated heterocycles. The van der Waals surface area contributed by atoms with Crippen LogP contribution in [0.3, 0.4) is 0 Å². The van der Waals surface area contributed by atoms with Crippen molar-refractivity contribution in [3.05, 3.63) is 59.4 Å². The number of halogens is 1. The van der Waals surface area contributed by atoms with E-state index in [0.717, 1.165) is 42.6 Å². The summed E-state index contributed by atoms with van der Waals surface area (Å²) < 4.78 is 24.6. The first-order valence-electron chi connectivity index (χ1n) is 12.4. The molecule has 9 heteroatoms. The summed E-state index contributed by atoms with van der Waals surface area (Å²) in [6.07, 6.45) is 4.88. The first-order chi connectivity index (χ1) is 17.3. The smallest absolute Gasteiger partial charge is 0.325 e. The van der Waals surface area contributed by atoms with Crippen molar-refractivity contribution >= 4 is 17.8 Å². The molecule has 2 aromatic rings. The van der Waals surface area contributed by atoms with Crippen molar-refractivity contribution in [3.8, 4) is 11.5 Å². The van der Waals surface area contributed by atoms with Crippen LogP contribution in [0.4, 0.5) is 9.18 Å². The zero-order chi connectivity index (χ0) is 25.3. The zero-order valence-electron chi connectivity index (χ0n) is 20.3. The summed E-state index contributed by atoms with van der Waals surface area (Å²) in [5.41, 5.74) is 0.0175. The van der Waals surface area contributed by atoms with Gasteiger partial charge < -0.3 is 19.7 Å². The predicted molar refractivity (Wildman–Crippen MR) is 129 cm³/mol. The Kier molecular flexibility index (Phi) is 6.55. The second-order valence-electron chi connectivity index (χ2n) is 9.74. The third kappa shape index (κ3) is 4.62. The topological polar surface area (TPSA) is 88.2 Å². The maximum atomic E-state index is 13.5. The Morgan fingerprint density at radius 1 is 1.06 bits per heavy atom. The normalized spacial score (nSPS) is 21.9. The van der Waals surface area contributed by atoms with Crippen LogP contribution in [0.5, 0.6) is 11.5 Å². The van der Waals surface area contributed by atoms with Crippen LogP contribution in [0.1, 0.15) is 50.2 Å². The quantitative estimate of drug-likeness (QED) is 0.617. The molecule has 190 valence electrons. The van der Waals surface area contributed by atoms with Gasteiger partial charge in [-0.3, -0.25) is 14.5 Å². The third-order valence-corrected chi connectivity index (χ3v) is 7.29. The highest BCUT2D eigenvalue weighted by atomic mass is 19.1. The molecule has 1 aliphatic carbocycles. The number of ether oxygens (including phenoxy) is 2. The van der Waals surface area contributed by atoms with E-state index < -0.39 is 17.5 Å². The molecular formula is C27H30FN3O5. The summed E-state index contributed by atoms with van der Waals surface area (Å²) in [5, 5.41) is 2.76. The lowest BCUT2D eigenvalue weighted by Gasteiger charge is -2.35. The fourth-order valence-electron chi connectivity index (χ4n) is 5.22. The highest BCUT2D eigenvalue weighted by Crippen LogP contribution is 2.37. The number of carbonyl (C=O) groups excluding carboxylic acids is 3. The number of amides is 4. The fourth-order valence-corrected chi connectivity index (χ4v) is 5.22. The molecule has 2 fully saturated rings. The van der Waals surface area contributed by atoms with Crippen LogP contribution in [-0.2, 0) is 21.7 Å². The zero-order valence-corrected chi connectivity index (χ0v) is 20.3. The number of nitrogens with zero attached hydrogens (tertiary/aromatic N) is 2. The number of hydrogen-bond donors (Lipinski definition) is 1. The van der Waals surface area contributed by atoms with Crippen LogP contribution >= 0.6 is 0 Å². The Morgan fingerprint density at radius 2 is 1.75 bits per heavy atom. The Bertz CT molecular complexity index is 1160. The van der Waals surface area contributed by atoms with E-state index in [1.54, 1.807) is 42.2 Å². The number of carbonyl (C=O) groups is 3. The van der Waals surface area contributed by atoms with E-state index in [4.69, 9.17) is 9.47 Å². The van der Waals surface area contributed by atoms with Gasteiger partial charge in [-0.1, -0.05) is 37.5 Å². The van der Waals surface area contributed by atoms with E-state index in [1.165, 1.54) is 12.1 Å². The van der Waals surface area contributed by atoms with E-state index in [-0.39, 0.29) is 24.3 Å². The highest BCUT2D eigenvalue weighted by molar-refractivity contribution is 6.09. The van der Waals surface area contributed by atoms with Crippen LogP contribution in [0, 0.1) is 5.82 Å². The lowest BCUT2D eigenvalue weighted by molar-refractivity contribution is -0.141. The van der Waals surface area contributed by atoms with Crippen LogP contribution in [-0.4, -0.2) is 53.4 Å². The molecule has 0 spiro atoms. The number of imide groups is 1. The van der Waals surface area contributed by atoms with Gasteiger partial charge in [-0.15, -0.1) is 0 Å². The van der Waals surface area contributed by atoms with Crippen molar-refractivity contribution in [2.75, 3.05) is 19.8 Å². The minimum absolute atomic E-state index is 0.0150. The summed E-state index contributed by atoms with van der Waals surface area (Å²) in [5.74, 6) is -0.0447. The van der Waals surface area contributed by atoms with Gasteiger partial charge in [0.05, 0.1) is 0 Å². The van der Waals surface area contributed by atoms with Gasteiger partial charge in [-0.05, 0) is 55.2 Å². The largest absolute Gasteiger partial charge is 0.486 e. The summed E-state index contributed by atoms with van der Waals surface area (Å²) >= 11 is 0. The number of urea groups is 1. The Morgan fingerprint density at radius 3 is 2.47 bits per heavy atom. The van der Waals surface area contributed by atoms with E-state index >= 15 is 0 Å². The van der Waals surface area contributed by atoms with Crippen LogP contribution in [0.25, 0.3) is 0 Å². The minimum atomic E-state index is -1.33. The first-order valence-corrected chi connectivity index (χ1v) is 12.4. The first kappa shape index (κ1) is 24.1. The van der Waals surface area contributed by atoms with Crippen LogP contribution in [0.15, 0.2) is 42.5 Å². The third-order valence-electron chi connectivity index (χ3n) is 7.29. The molecule has 2 aromatic carbocycles. The molecule has 0 radical (unpaired) electrons. The van der Waals surface area contributed by atoms with Gasteiger partial charge in [0.25, 0.3) is 5.91 Å². The molecule has 3 aliphatic rings. The van der Waals surface area contributed by atoms with Crippen molar-refractivity contribution in [1.82, 2.24) is 15.1 Å². The maximum absolute atomic E-state index is 13.5. The van der Waals surface area contributed by atoms with Gasteiger partial charge in [0.1, 0.15) is 31.1 Å². The van der Waals surface area contributed by atoms with Crippen molar-refractivity contribution in [1.29, 1.82) is 0 Å². The summed E-state index contributed by atoms with van der Waals surface area (Å²) in [6, 6.07) is 10.6. The molecule has 2 heterocycles. The maximum Gasteiger partial charge on any atom is 0.325 e. The molecule has 8 nitrogen and oxygen atoms in total. The standard InChI is InChI=1S/C27H30FN3O5/c1-27(19-9-12-22-23(15-19)36-14-13-35-22)25(33)31(26(34)29-27)17-24(32)30(21-5-3-2-4-6-21)16-18-7-10-20(28)11-8-18/h7-12,15,21H,2-6,13-14,16-17H2,1H3,(H,29,34)/t27-/m0/s1. The van der Waals surface area contributed by atoms with Gasteiger partial charge in [0.2, 0.25) is 5.91 Å². The molecule has 4 amide bonds. The van der Waals surface area contributed by atoms with Crippen LogP contribution < -0.4 is 14.8 Å². The Hall–Kier alpha value is -3.62. The number of benzene rings is 2. The van der Waals surface area contributed by atoms with E-state index in [9.17, 15) is 18.8 Å². The van der Waals surface area contributed by atoms with E-state index in [0.29, 0.717) is 36.8 Å². The second kappa shape index (κ2) is 9.79. The fraction of sp³-hybridized carbons (Fsp3) is 0.444. The number of hydrogen-bond acceptors (Lipinski definition) is 5. The highest BCUT2D eigenvalue weighted by Gasteiger charge is 2.50. The Labute approximate surface area is 209 Å². The molecule has 0 bridgehead atoms. The van der Waals surface area contributed by atoms with Gasteiger partial charge in [-0.25, -0.2) is 9.18 Å². The number of rotatable bonds is 6. The molecule has 1 N–H and O–H groups in total. The molecule has 1 atom stereocenters. The average Bonchev–Trinajstić information content (AvgIpc) is 3.12. The van der Waals surface area contributed by atoms with Crippen molar-refractivity contribution < 1.29 is 28.2 Å². The molecule has 36 heavy (non-hydrogen) atoms. The van der Waals surface area contributed by atoms with Crippen molar-refractivity contribution in [2.24, 2.45) is 0 Å². The summed E-state index contributed by atoms with van der Waals surface area (Å²) in [7, 11) is 0. The molecule has 2 aliphatic heterocycles. The van der Waals surface area contributed by atoms with E-state index in [2.05, 4.69) is 5.32 Å². The SMILES string of the molecule is C[C@@]1(c2ccc3c(c2)OCCO3)NC(=O)N(CC(=O)N(Cc2ccc(F)cc2)C2CCCCC2)C1=O. The molecule has 5 rings (SSSR count). The summed E-state index contributed by atoms with van der Waals surface area (Å²) in [4.78, 5) is 42.7. The van der Waals surface area contributed by atoms with Crippen molar-refractivity contribution in [3.63, 3.8) is 0 Å². The number of nitrogens with one attached hydrogen (secondary N) is 1.